The lowest BCUT2D eigenvalue weighted by atomic mass is 9.87. The zero-order valence-corrected chi connectivity index (χ0v) is 15.9. The zero-order valence-electron chi connectivity index (χ0n) is 15.0. The molecule has 0 bridgehead atoms. The van der Waals surface area contributed by atoms with Gasteiger partial charge in [0, 0.05) is 10.9 Å². The van der Waals surface area contributed by atoms with Gasteiger partial charge in [-0.15, -0.1) is 11.3 Å². The number of nitriles is 1. The summed E-state index contributed by atoms with van der Waals surface area (Å²) in [4.78, 5) is 16.0. The molecule has 2 aliphatic carbocycles. The molecule has 1 aromatic carbocycles. The molecule has 1 aromatic heterocycles. The third-order valence-electron chi connectivity index (χ3n) is 5.55. The number of hydrogen-bond donors (Lipinski definition) is 1. The summed E-state index contributed by atoms with van der Waals surface area (Å²) in [6.07, 6.45) is 6.47. The Kier molecular flexibility index (Phi) is 4.80. The van der Waals surface area contributed by atoms with Crippen LogP contribution in [0.3, 0.4) is 0 Å². The van der Waals surface area contributed by atoms with Crippen LogP contribution in [0.15, 0.2) is 24.3 Å². The van der Waals surface area contributed by atoms with E-state index in [0.717, 1.165) is 49.1 Å². The molecule has 26 heavy (non-hydrogen) atoms. The van der Waals surface area contributed by atoms with Crippen molar-refractivity contribution in [1.82, 2.24) is 4.90 Å². The summed E-state index contributed by atoms with van der Waals surface area (Å²) in [5.41, 5.74) is 4.59. The minimum Gasteiger partial charge on any atom is -0.315 e. The smallest absolute Gasteiger partial charge is 0.239 e. The average molecular weight is 366 g/mol. The second kappa shape index (κ2) is 7.22. The molecular weight excluding hydrogens is 342 g/mol. The van der Waals surface area contributed by atoms with Gasteiger partial charge in [-0.2, -0.15) is 5.26 Å². The van der Waals surface area contributed by atoms with Crippen molar-refractivity contribution in [2.45, 2.75) is 44.6 Å². The first-order valence-electron chi connectivity index (χ1n) is 9.30. The van der Waals surface area contributed by atoms with Crippen LogP contribution in [-0.4, -0.2) is 24.4 Å². The lowest BCUT2D eigenvalue weighted by molar-refractivity contribution is -0.117. The summed E-state index contributed by atoms with van der Waals surface area (Å²) in [5, 5.41) is 13.2. The Balaban J connectivity index is 1.46. The zero-order chi connectivity index (χ0) is 18.1. The molecule has 0 fully saturated rings. The van der Waals surface area contributed by atoms with Gasteiger partial charge < -0.3 is 5.32 Å². The van der Waals surface area contributed by atoms with E-state index in [1.165, 1.54) is 16.0 Å². The lowest BCUT2D eigenvalue weighted by Crippen LogP contribution is -2.34. The molecular formula is C21H23N3OS. The molecule has 0 spiro atoms. The number of thiophene rings is 1. The highest BCUT2D eigenvalue weighted by Crippen LogP contribution is 2.38. The predicted octanol–water partition coefficient (Wildman–Crippen LogP) is 4.06. The summed E-state index contributed by atoms with van der Waals surface area (Å²) >= 11 is 1.58. The lowest BCUT2D eigenvalue weighted by Gasteiger charge is -2.32. The summed E-state index contributed by atoms with van der Waals surface area (Å²) in [6.45, 7) is 0.340. The number of aryl methyl sites for hydroxylation is 2. The van der Waals surface area contributed by atoms with E-state index in [9.17, 15) is 10.1 Å². The number of hydrogen-bond acceptors (Lipinski definition) is 4. The van der Waals surface area contributed by atoms with E-state index < -0.39 is 0 Å². The molecule has 1 heterocycles. The predicted molar refractivity (Wildman–Crippen MR) is 104 cm³/mol. The summed E-state index contributed by atoms with van der Waals surface area (Å²) in [7, 11) is 2.02. The number of amides is 1. The van der Waals surface area contributed by atoms with Crippen LogP contribution in [0.5, 0.6) is 0 Å². The third-order valence-corrected chi connectivity index (χ3v) is 6.76. The van der Waals surface area contributed by atoms with Gasteiger partial charge in [0.1, 0.15) is 11.1 Å². The molecule has 0 aliphatic heterocycles. The Morgan fingerprint density at radius 2 is 2.15 bits per heavy atom. The van der Waals surface area contributed by atoms with Crippen LogP contribution in [0.4, 0.5) is 5.00 Å². The van der Waals surface area contributed by atoms with Crippen LogP contribution < -0.4 is 5.32 Å². The molecule has 0 saturated heterocycles. The molecule has 1 amide bonds. The Morgan fingerprint density at radius 3 is 3.00 bits per heavy atom. The molecule has 2 aromatic rings. The van der Waals surface area contributed by atoms with Gasteiger partial charge in [-0.05, 0) is 62.3 Å². The van der Waals surface area contributed by atoms with Crippen molar-refractivity contribution in [1.29, 1.82) is 5.26 Å². The van der Waals surface area contributed by atoms with Crippen molar-refractivity contribution in [3.8, 4) is 6.07 Å². The number of rotatable bonds is 4. The maximum atomic E-state index is 12.6. The van der Waals surface area contributed by atoms with Crippen LogP contribution in [-0.2, 0) is 24.1 Å². The summed E-state index contributed by atoms with van der Waals surface area (Å²) < 4.78 is 0. The minimum absolute atomic E-state index is 0.0352. The first-order valence-corrected chi connectivity index (χ1v) is 10.1. The van der Waals surface area contributed by atoms with E-state index in [1.54, 1.807) is 11.3 Å². The van der Waals surface area contributed by atoms with Gasteiger partial charge in [-0.1, -0.05) is 24.3 Å². The van der Waals surface area contributed by atoms with Gasteiger partial charge in [-0.3, -0.25) is 9.69 Å². The molecule has 0 saturated carbocycles. The molecule has 2 aliphatic rings. The van der Waals surface area contributed by atoms with Crippen molar-refractivity contribution in [2.75, 3.05) is 18.9 Å². The highest BCUT2D eigenvalue weighted by molar-refractivity contribution is 7.16. The highest BCUT2D eigenvalue weighted by atomic mass is 32.1. The summed E-state index contributed by atoms with van der Waals surface area (Å²) in [6, 6.07) is 11.1. The molecule has 1 atom stereocenters. The van der Waals surface area contributed by atoms with E-state index in [4.69, 9.17) is 0 Å². The Morgan fingerprint density at radius 1 is 1.31 bits per heavy atom. The number of nitrogens with one attached hydrogen (secondary N) is 1. The number of carbonyl (C=O) groups is 1. The van der Waals surface area contributed by atoms with Gasteiger partial charge >= 0.3 is 0 Å². The van der Waals surface area contributed by atoms with Gasteiger partial charge in [-0.25, -0.2) is 0 Å². The second-order valence-electron chi connectivity index (χ2n) is 7.24. The van der Waals surface area contributed by atoms with Crippen LogP contribution in [0.1, 0.15) is 52.4 Å². The fourth-order valence-corrected chi connectivity index (χ4v) is 5.56. The average Bonchev–Trinajstić information content (AvgIpc) is 3.21. The first kappa shape index (κ1) is 17.3. The first-order chi connectivity index (χ1) is 12.7. The number of nitrogens with zero attached hydrogens (tertiary/aromatic N) is 2. The molecule has 5 heteroatoms. The SMILES string of the molecule is CN(CC(=O)Nc1sc2c(c1C#N)CCC2)[C@@H]1CCCc2ccccc21. The topological polar surface area (TPSA) is 56.1 Å². The van der Waals surface area contributed by atoms with Crippen molar-refractivity contribution in [3.63, 3.8) is 0 Å². The largest absolute Gasteiger partial charge is 0.315 e. The molecule has 4 nitrogen and oxygen atoms in total. The van der Waals surface area contributed by atoms with Crippen LogP contribution in [0.25, 0.3) is 0 Å². The van der Waals surface area contributed by atoms with Gasteiger partial charge in [0.2, 0.25) is 5.91 Å². The summed E-state index contributed by atoms with van der Waals surface area (Å²) in [5.74, 6) is -0.0352. The van der Waals surface area contributed by atoms with E-state index >= 15 is 0 Å². The standard InChI is InChI=1S/C21H23N3OS/c1-24(18-10-4-7-14-6-2-3-8-15(14)18)13-20(25)23-21-17(12-22)16-9-5-11-19(16)26-21/h2-3,6,8,18H,4-5,7,9-11,13H2,1H3,(H,23,25)/t18-/m1/s1. The van der Waals surface area contributed by atoms with Crippen molar-refractivity contribution in [3.05, 3.63) is 51.4 Å². The monoisotopic (exact) mass is 365 g/mol. The van der Waals surface area contributed by atoms with E-state index in [1.807, 2.05) is 7.05 Å². The number of benzene rings is 1. The van der Waals surface area contributed by atoms with Crippen molar-refractivity contribution >= 4 is 22.2 Å². The van der Waals surface area contributed by atoms with Gasteiger partial charge in [0.15, 0.2) is 0 Å². The maximum absolute atomic E-state index is 12.6. The Hall–Kier alpha value is -2.16. The number of anilines is 1. The Labute approximate surface area is 158 Å². The van der Waals surface area contributed by atoms with E-state index in [0.29, 0.717) is 12.1 Å². The van der Waals surface area contributed by atoms with E-state index in [2.05, 4.69) is 40.6 Å². The van der Waals surface area contributed by atoms with Crippen molar-refractivity contribution in [2.24, 2.45) is 0 Å². The fourth-order valence-electron chi connectivity index (χ4n) is 4.30. The normalized spacial score (nSPS) is 18.3. The van der Waals surface area contributed by atoms with Crippen LogP contribution in [0, 0.1) is 11.3 Å². The van der Waals surface area contributed by atoms with Crippen LogP contribution >= 0.6 is 11.3 Å². The van der Waals surface area contributed by atoms with Gasteiger partial charge in [0.05, 0.1) is 12.1 Å². The second-order valence-corrected chi connectivity index (χ2v) is 8.35. The highest BCUT2D eigenvalue weighted by Gasteiger charge is 2.26. The third kappa shape index (κ3) is 3.15. The Bertz CT molecular complexity index is 880. The van der Waals surface area contributed by atoms with Crippen molar-refractivity contribution < 1.29 is 4.79 Å². The molecule has 134 valence electrons. The van der Waals surface area contributed by atoms with E-state index in [-0.39, 0.29) is 11.9 Å². The number of carbonyl (C=O) groups excluding carboxylic acids is 1. The molecule has 0 radical (unpaired) electrons. The quantitative estimate of drug-likeness (QED) is 0.889. The molecule has 0 unspecified atom stereocenters. The minimum atomic E-state index is -0.0352. The number of likely N-dealkylation sites (N-methyl/N-ethyl adjacent to an activating group) is 1. The molecule has 4 rings (SSSR count). The fraction of sp³-hybridized carbons (Fsp3) is 0.429. The number of fused-ring (bicyclic) bond motifs is 2. The maximum Gasteiger partial charge on any atom is 0.239 e. The molecule has 1 N–H and O–H groups in total. The van der Waals surface area contributed by atoms with Crippen LogP contribution in [0.2, 0.25) is 0 Å². The van der Waals surface area contributed by atoms with Gasteiger partial charge in [0.25, 0.3) is 0 Å².